The molecular formula is C9H13F5NO6S2-. The standard InChI is InChI=1S/C9H13F5NO6S2/c1-4-7(2,3)6(16)21-5-8(10,11)22(17,18)15-23(19,20)9(12,13)14/h4-5H2,1-3H3/q-1. The van der Waals surface area contributed by atoms with Crippen LogP contribution in [-0.4, -0.2) is 40.2 Å². The zero-order valence-corrected chi connectivity index (χ0v) is 13.7. The van der Waals surface area contributed by atoms with Crippen molar-refractivity contribution in [1.29, 1.82) is 0 Å². The SMILES string of the molecule is CCC(C)(C)C(=O)OCC(F)(F)S(=O)(=O)[N-]S(=O)(=O)C(F)(F)F. The minimum Gasteiger partial charge on any atom is -0.458 e. The molecule has 0 fully saturated rings. The van der Waals surface area contributed by atoms with Gasteiger partial charge in [0, 0.05) is 0 Å². The Kier molecular flexibility index (Phi) is 6.18. The zero-order valence-electron chi connectivity index (χ0n) is 12.0. The van der Waals surface area contributed by atoms with E-state index in [0.717, 1.165) is 0 Å². The highest BCUT2D eigenvalue weighted by Gasteiger charge is 2.47. The summed E-state index contributed by atoms with van der Waals surface area (Å²) in [6.07, 6.45) is 0.136. The van der Waals surface area contributed by atoms with E-state index in [2.05, 4.69) is 4.74 Å². The first-order valence-corrected chi connectivity index (χ1v) is 8.63. The van der Waals surface area contributed by atoms with Crippen LogP contribution in [-0.2, 0) is 29.6 Å². The number of nitrogens with zero attached hydrogens (tertiary/aromatic N) is 1. The van der Waals surface area contributed by atoms with E-state index in [1.807, 2.05) is 0 Å². The lowest BCUT2D eigenvalue weighted by Crippen LogP contribution is -2.39. The maximum atomic E-state index is 13.4. The molecule has 14 heteroatoms. The van der Waals surface area contributed by atoms with Crippen LogP contribution in [0.1, 0.15) is 27.2 Å². The summed E-state index contributed by atoms with van der Waals surface area (Å²) >= 11 is 0. The minimum absolute atomic E-state index is 0.136. The molecule has 0 heterocycles. The molecule has 0 aliphatic heterocycles. The highest BCUT2D eigenvalue weighted by atomic mass is 32.3. The van der Waals surface area contributed by atoms with E-state index >= 15 is 0 Å². The third-order valence-corrected chi connectivity index (χ3v) is 5.70. The predicted molar refractivity (Wildman–Crippen MR) is 67.2 cm³/mol. The molecule has 0 aromatic carbocycles. The molecule has 0 atom stereocenters. The van der Waals surface area contributed by atoms with Crippen LogP contribution in [0.15, 0.2) is 0 Å². The summed E-state index contributed by atoms with van der Waals surface area (Å²) in [6, 6.07) is 0. The number of carbonyl (C=O) groups excluding carboxylic acids is 1. The minimum atomic E-state index is -6.69. The molecule has 0 radical (unpaired) electrons. The number of esters is 1. The highest BCUT2D eigenvalue weighted by Crippen LogP contribution is 2.36. The Balaban J connectivity index is 5.25. The van der Waals surface area contributed by atoms with Gasteiger partial charge in [0.25, 0.3) is 0 Å². The van der Waals surface area contributed by atoms with Gasteiger partial charge in [0.15, 0.2) is 26.7 Å². The number of alkyl halides is 5. The predicted octanol–water partition coefficient (Wildman–Crippen LogP) is 2.11. The maximum Gasteiger partial charge on any atom is 0.480 e. The van der Waals surface area contributed by atoms with Gasteiger partial charge < -0.3 is 8.86 Å². The summed E-state index contributed by atoms with van der Waals surface area (Å²) in [5.41, 5.74) is -7.42. The number of carbonyl (C=O) groups is 1. The molecule has 0 unspecified atom stereocenters. The number of hydrogen-bond acceptors (Lipinski definition) is 6. The number of halogens is 5. The van der Waals surface area contributed by atoms with Crippen molar-refractivity contribution < 1.29 is 48.3 Å². The molecule has 0 aliphatic rings. The van der Waals surface area contributed by atoms with Gasteiger partial charge >= 0.3 is 16.7 Å². The van der Waals surface area contributed by atoms with Crippen molar-refractivity contribution in [3.05, 3.63) is 4.13 Å². The van der Waals surface area contributed by atoms with Gasteiger partial charge in [0.05, 0.1) is 5.41 Å². The number of hydrogen-bond donors (Lipinski definition) is 0. The third kappa shape index (κ3) is 5.24. The molecule has 0 spiro atoms. The van der Waals surface area contributed by atoms with E-state index in [1.165, 1.54) is 24.9 Å². The second kappa shape index (κ2) is 6.47. The van der Waals surface area contributed by atoms with Gasteiger partial charge in [-0.2, -0.15) is 22.0 Å². The lowest BCUT2D eigenvalue weighted by molar-refractivity contribution is -0.159. The van der Waals surface area contributed by atoms with E-state index in [-0.39, 0.29) is 6.42 Å². The van der Waals surface area contributed by atoms with E-state index in [1.54, 1.807) is 0 Å². The first-order chi connectivity index (χ1) is 9.90. The normalized spacial score (nSPS) is 14.6. The molecule has 0 rings (SSSR count). The van der Waals surface area contributed by atoms with Crippen LogP contribution in [0.3, 0.4) is 0 Å². The van der Waals surface area contributed by atoms with E-state index in [4.69, 9.17) is 0 Å². The van der Waals surface area contributed by atoms with Crippen LogP contribution < -0.4 is 0 Å². The quantitative estimate of drug-likeness (QED) is 0.487. The lowest BCUT2D eigenvalue weighted by atomic mass is 9.91. The van der Waals surface area contributed by atoms with Crippen LogP contribution in [0, 0.1) is 5.41 Å². The fourth-order valence-electron chi connectivity index (χ4n) is 0.790. The summed E-state index contributed by atoms with van der Waals surface area (Å²) in [4.78, 5) is 11.4. The molecule has 0 amide bonds. The van der Waals surface area contributed by atoms with Crippen molar-refractivity contribution >= 4 is 26.0 Å². The highest BCUT2D eigenvalue weighted by molar-refractivity contribution is 8.13. The van der Waals surface area contributed by atoms with Crippen molar-refractivity contribution in [3.8, 4) is 0 Å². The van der Waals surface area contributed by atoms with E-state index in [9.17, 15) is 43.6 Å². The second-order valence-electron chi connectivity index (χ2n) is 4.92. The van der Waals surface area contributed by atoms with Gasteiger partial charge in [-0.1, -0.05) is 6.92 Å². The Hall–Kier alpha value is -1.02. The van der Waals surface area contributed by atoms with Gasteiger partial charge in [0.1, 0.15) is 0 Å². The Bertz CT molecular complexity index is 652. The van der Waals surface area contributed by atoms with Crippen LogP contribution in [0.4, 0.5) is 22.0 Å². The largest absolute Gasteiger partial charge is 0.480 e. The molecule has 138 valence electrons. The van der Waals surface area contributed by atoms with Gasteiger partial charge in [-0.25, -0.2) is 16.8 Å². The molecule has 7 nitrogen and oxygen atoms in total. The van der Waals surface area contributed by atoms with Crippen LogP contribution in [0.2, 0.25) is 0 Å². The average molecular weight is 390 g/mol. The van der Waals surface area contributed by atoms with Crippen LogP contribution >= 0.6 is 0 Å². The van der Waals surface area contributed by atoms with Crippen molar-refractivity contribution in [1.82, 2.24) is 0 Å². The van der Waals surface area contributed by atoms with Crippen molar-refractivity contribution in [2.75, 3.05) is 6.61 Å². The van der Waals surface area contributed by atoms with Gasteiger partial charge in [-0.15, -0.1) is 0 Å². The first-order valence-electron chi connectivity index (χ1n) is 5.75. The number of sulfonamides is 2. The number of ether oxygens (including phenoxy) is 1. The summed E-state index contributed by atoms with van der Waals surface area (Å²) in [5, 5.41) is -5.15. The molecule has 23 heavy (non-hydrogen) atoms. The summed E-state index contributed by atoms with van der Waals surface area (Å²) in [5.74, 6) is -1.24. The van der Waals surface area contributed by atoms with Crippen LogP contribution in [0.25, 0.3) is 4.13 Å². The first kappa shape index (κ1) is 22.0. The molecular weight excluding hydrogens is 377 g/mol. The van der Waals surface area contributed by atoms with Crippen LogP contribution in [0.5, 0.6) is 0 Å². The summed E-state index contributed by atoms with van der Waals surface area (Å²) < 4.78 is 111. The fraction of sp³-hybridized carbons (Fsp3) is 0.889. The van der Waals surface area contributed by atoms with Crippen molar-refractivity contribution in [3.63, 3.8) is 0 Å². The Morgan fingerprint density at radius 1 is 1.00 bits per heavy atom. The summed E-state index contributed by atoms with van der Waals surface area (Å²) in [6.45, 7) is 1.91. The second-order valence-corrected chi connectivity index (χ2v) is 8.48. The van der Waals surface area contributed by atoms with E-state index < -0.39 is 48.8 Å². The van der Waals surface area contributed by atoms with Crippen molar-refractivity contribution in [2.45, 2.75) is 38.0 Å². The van der Waals surface area contributed by atoms with Crippen molar-refractivity contribution in [2.24, 2.45) is 5.41 Å². The molecule has 0 aromatic heterocycles. The van der Waals surface area contributed by atoms with Gasteiger partial charge in [0.2, 0.25) is 0 Å². The molecule has 0 N–H and O–H groups in total. The van der Waals surface area contributed by atoms with Gasteiger partial charge in [-0.05, 0) is 20.3 Å². The fourth-order valence-corrected chi connectivity index (χ4v) is 2.81. The molecule has 0 aliphatic carbocycles. The number of rotatable bonds is 7. The van der Waals surface area contributed by atoms with Gasteiger partial charge in [-0.3, -0.25) is 4.79 Å². The summed E-state index contributed by atoms with van der Waals surface area (Å²) in [7, 11) is -13.1. The maximum absolute atomic E-state index is 13.4. The molecule has 0 bridgehead atoms. The van der Waals surface area contributed by atoms with E-state index in [0.29, 0.717) is 0 Å². The Morgan fingerprint density at radius 3 is 1.78 bits per heavy atom. The zero-order chi connectivity index (χ0) is 18.9. The molecule has 0 saturated heterocycles. The Labute approximate surface area is 129 Å². The lowest BCUT2D eigenvalue weighted by Gasteiger charge is -2.28. The monoisotopic (exact) mass is 390 g/mol. The molecule has 0 saturated carbocycles. The smallest absolute Gasteiger partial charge is 0.458 e. The Morgan fingerprint density at radius 2 is 1.43 bits per heavy atom. The topological polar surface area (TPSA) is 109 Å². The average Bonchev–Trinajstić information content (AvgIpc) is 2.33. The molecule has 0 aromatic rings. The third-order valence-electron chi connectivity index (χ3n) is 2.67.